The molecule has 0 fully saturated rings. The summed E-state index contributed by atoms with van der Waals surface area (Å²) in [6.07, 6.45) is 1.41. The van der Waals surface area contributed by atoms with Crippen LogP contribution in [0.3, 0.4) is 0 Å². The molecule has 0 aromatic heterocycles. The Morgan fingerprint density at radius 3 is 2.55 bits per heavy atom. The minimum Gasteiger partial charge on any atom is -0.489 e. The Hall–Kier alpha value is -2.50. The topological polar surface area (TPSA) is 18.5 Å². The van der Waals surface area contributed by atoms with E-state index in [1.807, 2.05) is 61.5 Å². The zero-order chi connectivity index (χ0) is 15.6. The number of hydrogen-bond donors (Lipinski definition) is 0. The van der Waals surface area contributed by atoms with Crippen LogP contribution < -0.4 is 4.74 Å². The van der Waals surface area contributed by atoms with E-state index in [0.717, 1.165) is 16.9 Å². The van der Waals surface area contributed by atoms with Crippen LogP contribution in [0.4, 0.5) is 0 Å². The van der Waals surface area contributed by atoms with Crippen LogP contribution in [0.5, 0.6) is 5.75 Å². The molecule has 22 heavy (non-hydrogen) atoms. The molecule has 1 unspecified atom stereocenters. The van der Waals surface area contributed by atoms with Crippen LogP contribution in [0.2, 0.25) is 0 Å². The van der Waals surface area contributed by atoms with Gasteiger partial charge in [-0.3, -0.25) is 0 Å². The van der Waals surface area contributed by atoms with E-state index in [-0.39, 0.29) is 6.10 Å². The van der Waals surface area contributed by atoms with Crippen molar-refractivity contribution in [3.63, 3.8) is 0 Å². The summed E-state index contributed by atoms with van der Waals surface area (Å²) in [4.78, 5) is 0. The largest absolute Gasteiger partial charge is 0.489 e. The molecule has 2 aromatic carbocycles. The Morgan fingerprint density at radius 2 is 1.82 bits per heavy atom. The number of benzene rings is 2. The third kappa shape index (κ3) is 4.51. The first-order valence-corrected chi connectivity index (χ1v) is 7.36. The van der Waals surface area contributed by atoms with Gasteiger partial charge in [0.15, 0.2) is 0 Å². The van der Waals surface area contributed by atoms with Crippen molar-refractivity contribution in [2.75, 3.05) is 13.2 Å². The van der Waals surface area contributed by atoms with E-state index in [9.17, 15) is 0 Å². The molecule has 2 aromatic rings. The lowest BCUT2D eigenvalue weighted by Gasteiger charge is -2.15. The summed E-state index contributed by atoms with van der Waals surface area (Å²) in [5.41, 5.74) is 1.91. The van der Waals surface area contributed by atoms with Crippen LogP contribution in [-0.2, 0) is 4.74 Å². The van der Waals surface area contributed by atoms with E-state index in [2.05, 4.69) is 18.4 Å². The highest BCUT2D eigenvalue weighted by Crippen LogP contribution is 2.27. The van der Waals surface area contributed by atoms with E-state index in [4.69, 9.17) is 9.47 Å². The Balaban J connectivity index is 2.28. The molecule has 1 atom stereocenters. The SMILES string of the molecule is C=CCOc1ccccc1C(C#Cc1ccccc1)OCC. The molecule has 0 amide bonds. The van der Waals surface area contributed by atoms with Gasteiger partial charge in [0.25, 0.3) is 0 Å². The predicted molar refractivity (Wildman–Crippen MR) is 89.8 cm³/mol. The Kier molecular flexibility index (Phi) is 6.29. The molecule has 2 rings (SSSR count). The second-order valence-corrected chi connectivity index (χ2v) is 4.61. The lowest BCUT2D eigenvalue weighted by Crippen LogP contribution is -2.05. The molecule has 0 aliphatic carbocycles. The van der Waals surface area contributed by atoms with Gasteiger partial charge in [-0.25, -0.2) is 0 Å². The molecule has 0 bridgehead atoms. The van der Waals surface area contributed by atoms with Crippen molar-refractivity contribution in [3.8, 4) is 17.6 Å². The number of para-hydroxylation sites is 1. The third-order valence-corrected chi connectivity index (χ3v) is 3.01. The van der Waals surface area contributed by atoms with Crippen molar-refractivity contribution in [3.05, 3.63) is 78.4 Å². The van der Waals surface area contributed by atoms with Gasteiger partial charge in [0.1, 0.15) is 18.5 Å². The normalized spacial score (nSPS) is 11.1. The van der Waals surface area contributed by atoms with Crippen LogP contribution in [0, 0.1) is 11.8 Å². The maximum atomic E-state index is 5.79. The summed E-state index contributed by atoms with van der Waals surface area (Å²) in [6.45, 7) is 6.69. The minimum atomic E-state index is -0.314. The first-order valence-electron chi connectivity index (χ1n) is 7.36. The Labute approximate surface area is 132 Å². The minimum absolute atomic E-state index is 0.314. The van der Waals surface area contributed by atoms with Gasteiger partial charge in [-0.05, 0) is 25.1 Å². The summed E-state index contributed by atoms with van der Waals surface area (Å²) in [6, 6.07) is 17.7. The summed E-state index contributed by atoms with van der Waals surface area (Å²) in [5.74, 6) is 7.13. The summed E-state index contributed by atoms with van der Waals surface area (Å²) in [5, 5.41) is 0. The number of ether oxygens (including phenoxy) is 2. The van der Waals surface area contributed by atoms with Gasteiger partial charge in [-0.1, -0.05) is 60.9 Å². The van der Waals surface area contributed by atoms with Gasteiger partial charge < -0.3 is 9.47 Å². The molecule has 0 N–H and O–H groups in total. The van der Waals surface area contributed by atoms with Crippen molar-refractivity contribution in [1.82, 2.24) is 0 Å². The fraction of sp³-hybridized carbons (Fsp3) is 0.200. The van der Waals surface area contributed by atoms with E-state index >= 15 is 0 Å². The first-order chi connectivity index (χ1) is 10.8. The molecule has 112 valence electrons. The van der Waals surface area contributed by atoms with Crippen LogP contribution in [-0.4, -0.2) is 13.2 Å². The molecule has 0 aliphatic heterocycles. The fourth-order valence-electron chi connectivity index (χ4n) is 2.02. The maximum Gasteiger partial charge on any atom is 0.147 e. The molecule has 0 saturated carbocycles. The Morgan fingerprint density at radius 1 is 1.09 bits per heavy atom. The predicted octanol–water partition coefficient (Wildman–Crippen LogP) is 4.38. The van der Waals surface area contributed by atoms with Gasteiger partial charge in [0.2, 0.25) is 0 Å². The fourth-order valence-corrected chi connectivity index (χ4v) is 2.02. The average Bonchev–Trinajstić information content (AvgIpc) is 2.58. The first kappa shape index (κ1) is 15.9. The van der Waals surface area contributed by atoms with Crippen molar-refractivity contribution in [2.24, 2.45) is 0 Å². The molecule has 0 saturated heterocycles. The van der Waals surface area contributed by atoms with Crippen LogP contribution in [0.15, 0.2) is 67.3 Å². The van der Waals surface area contributed by atoms with Gasteiger partial charge in [-0.15, -0.1) is 0 Å². The highest BCUT2D eigenvalue weighted by Gasteiger charge is 2.13. The van der Waals surface area contributed by atoms with E-state index in [0.29, 0.717) is 13.2 Å². The van der Waals surface area contributed by atoms with Crippen LogP contribution >= 0.6 is 0 Å². The highest BCUT2D eigenvalue weighted by atomic mass is 16.5. The zero-order valence-electron chi connectivity index (χ0n) is 12.8. The number of rotatable bonds is 6. The summed E-state index contributed by atoms with van der Waals surface area (Å²) >= 11 is 0. The molecule has 2 nitrogen and oxygen atoms in total. The smallest absolute Gasteiger partial charge is 0.147 e. The molecule has 2 heteroatoms. The molecular weight excluding hydrogens is 272 g/mol. The molecule has 0 spiro atoms. The molecular formula is C20H20O2. The quantitative estimate of drug-likeness (QED) is 0.581. The molecule has 0 radical (unpaired) electrons. The lowest BCUT2D eigenvalue weighted by atomic mass is 10.1. The van der Waals surface area contributed by atoms with Crippen LogP contribution in [0.25, 0.3) is 0 Å². The summed E-state index contributed by atoms with van der Waals surface area (Å²) in [7, 11) is 0. The van der Waals surface area contributed by atoms with E-state index < -0.39 is 0 Å². The van der Waals surface area contributed by atoms with Gasteiger partial charge in [0.05, 0.1) is 0 Å². The van der Waals surface area contributed by atoms with Crippen molar-refractivity contribution >= 4 is 0 Å². The zero-order valence-corrected chi connectivity index (χ0v) is 12.8. The molecule has 0 heterocycles. The second kappa shape index (κ2) is 8.71. The second-order valence-electron chi connectivity index (χ2n) is 4.61. The van der Waals surface area contributed by atoms with Gasteiger partial charge in [-0.2, -0.15) is 0 Å². The van der Waals surface area contributed by atoms with E-state index in [1.54, 1.807) is 6.08 Å². The third-order valence-electron chi connectivity index (χ3n) is 3.01. The molecule has 0 aliphatic rings. The number of hydrogen-bond acceptors (Lipinski definition) is 2. The van der Waals surface area contributed by atoms with Crippen molar-refractivity contribution < 1.29 is 9.47 Å². The van der Waals surface area contributed by atoms with Crippen LogP contribution in [0.1, 0.15) is 24.2 Å². The maximum absolute atomic E-state index is 5.79. The van der Waals surface area contributed by atoms with Gasteiger partial charge >= 0.3 is 0 Å². The lowest BCUT2D eigenvalue weighted by molar-refractivity contribution is 0.101. The monoisotopic (exact) mass is 292 g/mol. The van der Waals surface area contributed by atoms with E-state index in [1.165, 1.54) is 0 Å². The standard InChI is InChI=1S/C20H20O2/c1-3-16-22-19-13-9-8-12-18(19)20(21-4-2)15-14-17-10-6-5-7-11-17/h3,5-13,20H,1,4,16H2,2H3. The average molecular weight is 292 g/mol. The Bertz CT molecular complexity index is 650. The van der Waals surface area contributed by atoms with Crippen molar-refractivity contribution in [2.45, 2.75) is 13.0 Å². The van der Waals surface area contributed by atoms with Gasteiger partial charge in [0, 0.05) is 17.7 Å². The highest BCUT2D eigenvalue weighted by molar-refractivity contribution is 5.42. The summed E-state index contributed by atoms with van der Waals surface area (Å²) < 4.78 is 11.5. The van der Waals surface area contributed by atoms with Crippen molar-refractivity contribution in [1.29, 1.82) is 0 Å².